The molecule has 3 aromatic heterocycles. The first kappa shape index (κ1) is 20.2. The highest BCUT2D eigenvalue weighted by molar-refractivity contribution is 5.83. The Morgan fingerprint density at radius 1 is 1.17 bits per heavy atom. The molecule has 1 aliphatic rings. The van der Waals surface area contributed by atoms with Crippen LogP contribution in [0, 0.1) is 0 Å². The summed E-state index contributed by atoms with van der Waals surface area (Å²) in [5.41, 5.74) is 4.31. The highest BCUT2D eigenvalue weighted by Crippen LogP contribution is 2.32. The zero-order chi connectivity index (χ0) is 20.9. The van der Waals surface area contributed by atoms with Crippen molar-refractivity contribution in [2.24, 2.45) is 0 Å². The molecule has 0 bridgehead atoms. The van der Waals surface area contributed by atoms with E-state index in [4.69, 9.17) is 0 Å². The molecule has 4 rings (SSSR count). The highest BCUT2D eigenvalue weighted by atomic mass is 16.2. The molecular formula is C23H28N6O. The quantitative estimate of drug-likeness (QED) is 0.655. The molecule has 0 saturated carbocycles. The fourth-order valence-corrected chi connectivity index (χ4v) is 4.03. The molecule has 0 aliphatic carbocycles. The van der Waals surface area contributed by atoms with Crippen LogP contribution in [0.15, 0.2) is 55.4 Å². The van der Waals surface area contributed by atoms with Gasteiger partial charge in [-0.25, -0.2) is 4.98 Å². The van der Waals surface area contributed by atoms with E-state index in [9.17, 15) is 4.79 Å². The summed E-state index contributed by atoms with van der Waals surface area (Å²) in [6.45, 7) is 6.31. The van der Waals surface area contributed by atoms with E-state index in [1.54, 1.807) is 18.6 Å². The lowest BCUT2D eigenvalue weighted by atomic mass is 10.00. The van der Waals surface area contributed by atoms with E-state index in [1.165, 1.54) is 0 Å². The number of nitrogens with one attached hydrogen (secondary N) is 1. The van der Waals surface area contributed by atoms with Gasteiger partial charge in [0.2, 0.25) is 5.91 Å². The van der Waals surface area contributed by atoms with E-state index < -0.39 is 0 Å². The molecule has 156 valence electrons. The third kappa shape index (κ3) is 4.41. The Kier molecular flexibility index (Phi) is 6.18. The molecule has 0 radical (unpaired) electrons. The molecule has 3 aromatic rings. The zero-order valence-electron chi connectivity index (χ0n) is 17.5. The maximum atomic E-state index is 13.4. The van der Waals surface area contributed by atoms with Crippen LogP contribution in [-0.2, 0) is 24.2 Å². The highest BCUT2D eigenvalue weighted by Gasteiger charge is 2.36. The van der Waals surface area contributed by atoms with Crippen molar-refractivity contribution in [3.63, 3.8) is 0 Å². The van der Waals surface area contributed by atoms with Crippen molar-refractivity contribution in [2.75, 3.05) is 13.1 Å². The molecule has 1 N–H and O–H groups in total. The average molecular weight is 405 g/mol. The predicted molar refractivity (Wildman–Crippen MR) is 115 cm³/mol. The van der Waals surface area contributed by atoms with Gasteiger partial charge in [-0.2, -0.15) is 0 Å². The lowest BCUT2D eigenvalue weighted by Crippen LogP contribution is -2.45. The SMILES string of the molecule is CC(C)n1cnc2c1[C@H](C(=O)NCCc1ccncc1)N(Cc1cccnc1)CC2. The number of carbonyl (C=O) groups is 1. The Bertz CT molecular complexity index is 970. The molecule has 1 amide bonds. The number of nitrogens with zero attached hydrogens (tertiary/aromatic N) is 5. The van der Waals surface area contributed by atoms with E-state index in [0.717, 1.165) is 41.9 Å². The van der Waals surface area contributed by atoms with Gasteiger partial charge >= 0.3 is 0 Å². The van der Waals surface area contributed by atoms with Gasteiger partial charge in [-0.1, -0.05) is 6.07 Å². The molecule has 0 spiro atoms. The van der Waals surface area contributed by atoms with Gasteiger partial charge in [-0.3, -0.25) is 19.7 Å². The molecule has 1 atom stereocenters. The summed E-state index contributed by atoms with van der Waals surface area (Å²) >= 11 is 0. The van der Waals surface area contributed by atoms with Crippen LogP contribution in [0.1, 0.15) is 48.4 Å². The molecule has 7 nitrogen and oxygen atoms in total. The molecule has 30 heavy (non-hydrogen) atoms. The van der Waals surface area contributed by atoms with Crippen molar-refractivity contribution < 1.29 is 4.79 Å². The molecular weight excluding hydrogens is 376 g/mol. The van der Waals surface area contributed by atoms with E-state index in [0.29, 0.717) is 13.1 Å². The number of imidazole rings is 1. The largest absolute Gasteiger partial charge is 0.354 e. The van der Waals surface area contributed by atoms with Crippen molar-refractivity contribution in [2.45, 2.75) is 45.3 Å². The second-order valence-corrected chi connectivity index (χ2v) is 7.96. The van der Waals surface area contributed by atoms with Crippen molar-refractivity contribution in [1.82, 2.24) is 29.7 Å². The Labute approximate surface area is 177 Å². The van der Waals surface area contributed by atoms with Gasteiger partial charge in [0.05, 0.1) is 17.7 Å². The van der Waals surface area contributed by atoms with Gasteiger partial charge in [-0.05, 0) is 49.6 Å². The summed E-state index contributed by atoms with van der Waals surface area (Å²) in [6.07, 6.45) is 10.7. The number of pyridine rings is 2. The normalized spacial score (nSPS) is 16.4. The number of hydrogen-bond acceptors (Lipinski definition) is 5. The van der Waals surface area contributed by atoms with Crippen LogP contribution < -0.4 is 5.32 Å². The van der Waals surface area contributed by atoms with Crippen molar-refractivity contribution >= 4 is 5.91 Å². The van der Waals surface area contributed by atoms with Gasteiger partial charge in [0.25, 0.3) is 0 Å². The van der Waals surface area contributed by atoms with Crippen LogP contribution in [0.5, 0.6) is 0 Å². The number of rotatable bonds is 7. The second-order valence-electron chi connectivity index (χ2n) is 7.96. The predicted octanol–water partition coefficient (Wildman–Crippen LogP) is 2.71. The summed E-state index contributed by atoms with van der Waals surface area (Å²) in [4.78, 5) is 28.5. The molecule has 7 heteroatoms. The lowest BCUT2D eigenvalue weighted by Gasteiger charge is -2.35. The van der Waals surface area contributed by atoms with Gasteiger partial charge < -0.3 is 9.88 Å². The molecule has 0 unspecified atom stereocenters. The Morgan fingerprint density at radius 2 is 2.00 bits per heavy atom. The number of fused-ring (bicyclic) bond motifs is 1. The fraction of sp³-hybridized carbons (Fsp3) is 0.391. The van der Waals surface area contributed by atoms with Crippen LogP contribution in [0.4, 0.5) is 0 Å². The third-order valence-electron chi connectivity index (χ3n) is 5.55. The summed E-state index contributed by atoms with van der Waals surface area (Å²) in [5, 5.41) is 3.16. The summed E-state index contributed by atoms with van der Waals surface area (Å²) in [6, 6.07) is 7.83. The number of amides is 1. The Balaban J connectivity index is 1.56. The smallest absolute Gasteiger partial charge is 0.243 e. The maximum absolute atomic E-state index is 13.4. The standard InChI is InChI=1S/C23H28N6O/c1-17(2)29-16-27-20-8-13-28(15-19-4-3-9-25-14-19)22(21(20)29)23(30)26-12-7-18-5-10-24-11-6-18/h3-6,9-11,14,16-17,22H,7-8,12-13,15H2,1-2H3,(H,26,30)/t22-/m1/s1. The monoisotopic (exact) mass is 404 g/mol. The Morgan fingerprint density at radius 3 is 2.73 bits per heavy atom. The number of hydrogen-bond donors (Lipinski definition) is 1. The Hall–Kier alpha value is -3.06. The van der Waals surface area contributed by atoms with Crippen molar-refractivity contribution in [1.29, 1.82) is 0 Å². The topological polar surface area (TPSA) is 75.9 Å². The van der Waals surface area contributed by atoms with Crippen LogP contribution in [-0.4, -0.2) is 43.4 Å². The minimum Gasteiger partial charge on any atom is -0.354 e. The van der Waals surface area contributed by atoms with Gasteiger partial charge in [-0.15, -0.1) is 0 Å². The van der Waals surface area contributed by atoms with Gasteiger partial charge in [0.15, 0.2) is 0 Å². The fourth-order valence-electron chi connectivity index (χ4n) is 4.03. The number of carbonyl (C=O) groups excluding carboxylic acids is 1. The van der Waals surface area contributed by atoms with Crippen molar-refractivity contribution in [3.05, 3.63) is 77.9 Å². The average Bonchev–Trinajstić information content (AvgIpc) is 3.19. The molecule has 1 aliphatic heterocycles. The van der Waals surface area contributed by atoms with Gasteiger partial charge in [0, 0.05) is 56.9 Å². The van der Waals surface area contributed by atoms with E-state index in [1.807, 2.05) is 30.7 Å². The van der Waals surface area contributed by atoms with Crippen LogP contribution in [0.3, 0.4) is 0 Å². The van der Waals surface area contributed by atoms with E-state index >= 15 is 0 Å². The van der Waals surface area contributed by atoms with Crippen LogP contribution in [0.2, 0.25) is 0 Å². The minimum absolute atomic E-state index is 0.0243. The molecule has 0 saturated heterocycles. The minimum atomic E-state index is -0.365. The van der Waals surface area contributed by atoms with Crippen LogP contribution >= 0.6 is 0 Å². The summed E-state index contributed by atoms with van der Waals surface area (Å²) < 4.78 is 2.14. The van der Waals surface area contributed by atoms with Crippen molar-refractivity contribution in [3.8, 4) is 0 Å². The third-order valence-corrected chi connectivity index (χ3v) is 5.55. The molecule has 0 fully saturated rings. The second kappa shape index (κ2) is 9.17. The summed E-state index contributed by atoms with van der Waals surface area (Å²) in [5.74, 6) is 0.0243. The lowest BCUT2D eigenvalue weighted by molar-refractivity contribution is -0.127. The molecule has 4 heterocycles. The first-order chi connectivity index (χ1) is 14.6. The first-order valence-corrected chi connectivity index (χ1v) is 10.5. The van der Waals surface area contributed by atoms with Gasteiger partial charge in [0.1, 0.15) is 6.04 Å². The van der Waals surface area contributed by atoms with E-state index in [-0.39, 0.29) is 18.0 Å². The van der Waals surface area contributed by atoms with Crippen LogP contribution in [0.25, 0.3) is 0 Å². The first-order valence-electron chi connectivity index (χ1n) is 10.5. The van der Waals surface area contributed by atoms with E-state index in [2.05, 4.69) is 49.6 Å². The summed E-state index contributed by atoms with van der Waals surface area (Å²) in [7, 11) is 0. The maximum Gasteiger partial charge on any atom is 0.243 e. The molecule has 0 aromatic carbocycles. The number of aromatic nitrogens is 4. The zero-order valence-corrected chi connectivity index (χ0v) is 17.5.